The van der Waals surface area contributed by atoms with Crippen molar-refractivity contribution in [2.75, 3.05) is 0 Å². The van der Waals surface area contributed by atoms with E-state index < -0.39 is 5.56 Å². The molecule has 26 heavy (non-hydrogen) atoms. The minimum atomic E-state index is -0.425. The van der Waals surface area contributed by atoms with Crippen molar-refractivity contribution >= 4 is 35.1 Å². The predicted molar refractivity (Wildman–Crippen MR) is 99.4 cm³/mol. The van der Waals surface area contributed by atoms with Crippen molar-refractivity contribution in [3.8, 4) is 5.69 Å². The van der Waals surface area contributed by atoms with Gasteiger partial charge >= 0.3 is 0 Å². The van der Waals surface area contributed by atoms with E-state index in [0.717, 1.165) is 6.21 Å². The molecule has 5 nitrogen and oxygen atoms in total. The van der Waals surface area contributed by atoms with Crippen LogP contribution in [0.1, 0.15) is 11.1 Å². The van der Waals surface area contributed by atoms with Gasteiger partial charge in [0.05, 0.1) is 10.7 Å². The van der Waals surface area contributed by atoms with Crippen molar-refractivity contribution in [1.82, 2.24) is 9.55 Å². The molecule has 132 valence electrons. The van der Waals surface area contributed by atoms with Gasteiger partial charge < -0.3 is 10.7 Å². The molecule has 0 atom stereocenters. The summed E-state index contributed by atoms with van der Waals surface area (Å²) in [4.78, 5) is 16.6. The number of rotatable bonds is 5. The summed E-state index contributed by atoms with van der Waals surface area (Å²) in [5.74, 6) is -0.313. The molecule has 0 aliphatic carbocycles. The van der Waals surface area contributed by atoms with E-state index in [4.69, 9.17) is 28.6 Å². The summed E-state index contributed by atoms with van der Waals surface area (Å²) in [7, 11) is 0. The highest BCUT2D eigenvalue weighted by Crippen LogP contribution is 2.21. The summed E-state index contributed by atoms with van der Waals surface area (Å²) < 4.78 is 15.1. The Bertz CT molecular complexity index is 1040. The summed E-state index contributed by atoms with van der Waals surface area (Å²) in [5.41, 5.74) is 1.18. The minimum Gasteiger partial charge on any atom is -0.309 e. The Labute approximate surface area is 158 Å². The lowest BCUT2D eigenvalue weighted by molar-refractivity contribution is -0.589. The average Bonchev–Trinajstić information content (AvgIpc) is 2.63. The molecular weight excluding hydrogens is 378 g/mol. The van der Waals surface area contributed by atoms with E-state index in [1.54, 1.807) is 35.8 Å². The maximum Gasteiger partial charge on any atom is 0.270 e. The van der Waals surface area contributed by atoms with Crippen LogP contribution < -0.4 is 10.9 Å². The monoisotopic (exact) mass is 391 g/mol. The van der Waals surface area contributed by atoms with Gasteiger partial charge in [-0.05, 0) is 6.07 Å². The lowest BCUT2D eigenvalue weighted by atomic mass is 10.2. The Hall–Kier alpha value is -2.54. The van der Waals surface area contributed by atoms with Gasteiger partial charge in [0, 0.05) is 36.3 Å². The number of pyridine rings is 2. The molecule has 0 fully saturated rings. The molecule has 2 heterocycles. The number of nitrogens with two attached hydrogens (primary N) is 1. The highest BCUT2D eigenvalue weighted by Gasteiger charge is 2.15. The van der Waals surface area contributed by atoms with E-state index in [2.05, 4.69) is 4.98 Å². The molecule has 0 aliphatic heterocycles. The van der Waals surface area contributed by atoms with E-state index in [-0.39, 0.29) is 21.6 Å². The van der Waals surface area contributed by atoms with Crippen molar-refractivity contribution in [2.45, 2.75) is 6.54 Å². The van der Waals surface area contributed by atoms with E-state index in [1.807, 2.05) is 0 Å². The van der Waals surface area contributed by atoms with Crippen LogP contribution in [0.15, 0.2) is 53.6 Å². The highest BCUT2D eigenvalue weighted by molar-refractivity contribution is 6.33. The molecular formula is C18H14Cl2FN4O+. The molecule has 0 unspecified atom stereocenters. The minimum absolute atomic E-state index is 0.174. The molecule has 0 amide bonds. The largest absolute Gasteiger partial charge is 0.309 e. The predicted octanol–water partition coefficient (Wildman–Crippen LogP) is 3.07. The first-order chi connectivity index (χ1) is 12.5. The molecule has 3 rings (SSSR count). The summed E-state index contributed by atoms with van der Waals surface area (Å²) in [6, 6.07) is 9.57. The second-order valence-electron chi connectivity index (χ2n) is 5.46. The van der Waals surface area contributed by atoms with Gasteiger partial charge in [-0.3, -0.25) is 9.36 Å². The van der Waals surface area contributed by atoms with Crippen molar-refractivity contribution in [3.05, 3.63) is 86.3 Å². The van der Waals surface area contributed by atoms with Crippen LogP contribution in [0.3, 0.4) is 0 Å². The Morgan fingerprint density at radius 1 is 1.27 bits per heavy atom. The van der Waals surface area contributed by atoms with Crippen LogP contribution in [0, 0.1) is 11.2 Å². The molecule has 0 saturated heterocycles. The number of benzene rings is 1. The fourth-order valence-corrected chi connectivity index (χ4v) is 2.90. The first-order valence-electron chi connectivity index (χ1n) is 7.65. The number of hydrogen-bond donors (Lipinski definition) is 2. The molecule has 0 spiro atoms. The molecule has 0 bridgehead atoms. The van der Waals surface area contributed by atoms with Crippen LogP contribution >= 0.6 is 23.2 Å². The standard InChI is InChI=1S/C18H13Cl2FN4O/c19-13-10-24-17(20)7-16(13)25-6-5-15(12(8-22)18(25)26)23-9-11-3-1-2-4-14(11)21/h1-8,10,22-23H,9H2/p+1. The van der Waals surface area contributed by atoms with Crippen LogP contribution in [-0.2, 0) is 6.54 Å². The number of halogens is 3. The fourth-order valence-electron chi connectivity index (χ4n) is 2.55. The van der Waals surface area contributed by atoms with E-state index in [9.17, 15) is 9.18 Å². The van der Waals surface area contributed by atoms with Gasteiger partial charge in [-0.15, -0.1) is 0 Å². The van der Waals surface area contributed by atoms with Crippen molar-refractivity contribution in [2.24, 2.45) is 0 Å². The first kappa shape index (κ1) is 18.3. The number of hydrogen-bond acceptors (Lipinski definition) is 3. The normalized spacial score (nSPS) is 10.7. The summed E-state index contributed by atoms with van der Waals surface area (Å²) in [6.45, 7) is 0.304. The summed E-state index contributed by atoms with van der Waals surface area (Å²) >= 11 is 12.0. The molecule has 3 N–H and O–H groups in total. The Morgan fingerprint density at radius 3 is 2.77 bits per heavy atom. The van der Waals surface area contributed by atoms with Crippen molar-refractivity contribution in [3.63, 3.8) is 0 Å². The van der Waals surface area contributed by atoms with Gasteiger partial charge in [-0.1, -0.05) is 41.4 Å². The molecule has 2 aromatic heterocycles. The van der Waals surface area contributed by atoms with Crippen LogP contribution in [0.2, 0.25) is 10.2 Å². The topological polar surface area (TPSA) is 75.3 Å². The number of nitrogens with one attached hydrogen (secondary N) is 1. The molecule has 1 aromatic carbocycles. The fraction of sp³-hybridized carbons (Fsp3) is 0.0556. The van der Waals surface area contributed by atoms with E-state index >= 15 is 0 Å². The lowest BCUT2D eigenvalue weighted by Crippen LogP contribution is -2.77. The zero-order valence-electron chi connectivity index (χ0n) is 13.4. The van der Waals surface area contributed by atoms with Crippen LogP contribution in [0.5, 0.6) is 0 Å². The maximum absolute atomic E-state index is 13.8. The maximum atomic E-state index is 13.8. The highest BCUT2D eigenvalue weighted by atomic mass is 35.5. The Morgan fingerprint density at radius 2 is 2.04 bits per heavy atom. The number of quaternary nitrogens is 1. The Kier molecular flexibility index (Phi) is 5.46. The van der Waals surface area contributed by atoms with Gasteiger partial charge in [-0.25, -0.2) is 9.37 Å². The van der Waals surface area contributed by atoms with Crippen molar-refractivity contribution in [1.29, 1.82) is 5.41 Å². The number of nitrogens with zero attached hydrogens (tertiary/aromatic N) is 2. The second-order valence-corrected chi connectivity index (χ2v) is 6.26. The molecule has 3 aromatic rings. The Balaban J connectivity index is 1.98. The quantitative estimate of drug-likeness (QED) is 0.517. The van der Waals surface area contributed by atoms with Gasteiger partial charge in [0.15, 0.2) is 0 Å². The summed E-state index contributed by atoms with van der Waals surface area (Å²) in [6.07, 6.45) is 3.87. The average molecular weight is 392 g/mol. The zero-order chi connectivity index (χ0) is 18.7. The van der Waals surface area contributed by atoms with Crippen LogP contribution in [-0.4, -0.2) is 15.8 Å². The lowest BCUT2D eigenvalue weighted by Gasteiger charge is -2.11. The third-order valence-corrected chi connectivity index (χ3v) is 4.37. The van der Waals surface area contributed by atoms with E-state index in [1.165, 1.54) is 22.9 Å². The van der Waals surface area contributed by atoms with Crippen LogP contribution in [0.4, 0.5) is 10.1 Å². The van der Waals surface area contributed by atoms with Gasteiger partial charge in [0.2, 0.25) is 0 Å². The second kappa shape index (κ2) is 7.78. The molecule has 0 saturated carbocycles. The molecule has 8 heteroatoms. The first-order valence-corrected chi connectivity index (χ1v) is 8.41. The third-order valence-electron chi connectivity index (χ3n) is 3.87. The van der Waals surface area contributed by atoms with Crippen LogP contribution in [0.25, 0.3) is 5.69 Å². The van der Waals surface area contributed by atoms with Crippen molar-refractivity contribution < 1.29 is 9.71 Å². The summed E-state index contributed by atoms with van der Waals surface area (Å²) in [5, 5.41) is 9.77. The smallest absolute Gasteiger partial charge is 0.270 e. The molecule has 0 radical (unpaired) electrons. The van der Waals surface area contributed by atoms with Gasteiger partial charge in [-0.2, -0.15) is 0 Å². The zero-order valence-corrected chi connectivity index (χ0v) is 14.9. The van der Waals surface area contributed by atoms with E-state index in [0.29, 0.717) is 23.5 Å². The van der Waals surface area contributed by atoms with Gasteiger partial charge in [0.1, 0.15) is 28.8 Å². The molecule has 0 aliphatic rings. The van der Waals surface area contributed by atoms with Gasteiger partial charge in [0.25, 0.3) is 5.56 Å². The SMILES string of the molecule is N=Cc1c([NH2+]Cc2ccccc2F)ccn(-c2cc(Cl)ncc2Cl)c1=O. The third kappa shape index (κ3) is 3.67. The number of aromatic nitrogens is 2.